The van der Waals surface area contributed by atoms with E-state index in [1.165, 1.54) is 57.0 Å². The normalized spacial score (nSPS) is 18.3. The second kappa shape index (κ2) is 8.45. The molecule has 7 nitrogen and oxygen atoms in total. The summed E-state index contributed by atoms with van der Waals surface area (Å²) in [4.78, 5) is 7.81. The molecule has 1 aliphatic rings. The number of sulfonamides is 1. The summed E-state index contributed by atoms with van der Waals surface area (Å²) in [6, 6.07) is 5.03. The van der Waals surface area contributed by atoms with Crippen LogP contribution in [0.4, 0.5) is 5.13 Å². The Morgan fingerprint density at radius 3 is 2.74 bits per heavy atom. The third-order valence-corrected chi connectivity index (χ3v) is 7.10. The number of nitrogens with zero attached hydrogens (tertiary/aromatic N) is 2. The first-order valence-corrected chi connectivity index (χ1v) is 11.2. The standard InChI is InChI=1S/C18H25N3O4S2/c1-13-6-4-5-9-21(13)12-14-11-19-18(26-14)20-27(22,23)15-7-8-16(24-2)17(10-15)25-3/h7-8,10-11,13H,4-6,9,12H2,1-3H3,(H,19,20). The largest absolute Gasteiger partial charge is 0.493 e. The Hall–Kier alpha value is -1.84. The molecule has 1 unspecified atom stereocenters. The van der Waals surface area contributed by atoms with Crippen molar-refractivity contribution in [3.05, 3.63) is 29.3 Å². The highest BCUT2D eigenvalue weighted by Gasteiger charge is 2.21. The van der Waals surface area contributed by atoms with Gasteiger partial charge in [0.15, 0.2) is 16.6 Å². The predicted molar refractivity (Wildman–Crippen MR) is 106 cm³/mol. The third kappa shape index (κ3) is 4.72. The van der Waals surface area contributed by atoms with Crippen molar-refractivity contribution >= 4 is 26.5 Å². The Bertz CT molecular complexity index is 882. The van der Waals surface area contributed by atoms with Crippen LogP contribution in [-0.2, 0) is 16.6 Å². The molecule has 1 fully saturated rings. The van der Waals surface area contributed by atoms with Gasteiger partial charge in [-0.25, -0.2) is 13.4 Å². The van der Waals surface area contributed by atoms with Gasteiger partial charge in [-0.1, -0.05) is 17.8 Å². The number of likely N-dealkylation sites (tertiary alicyclic amines) is 1. The van der Waals surface area contributed by atoms with E-state index in [-0.39, 0.29) is 4.90 Å². The monoisotopic (exact) mass is 411 g/mol. The summed E-state index contributed by atoms with van der Waals surface area (Å²) in [5.74, 6) is 0.836. The fraction of sp³-hybridized carbons (Fsp3) is 0.500. The topological polar surface area (TPSA) is 80.8 Å². The molecule has 148 valence electrons. The molecule has 1 atom stereocenters. The van der Waals surface area contributed by atoms with Crippen molar-refractivity contribution < 1.29 is 17.9 Å². The number of anilines is 1. The molecular formula is C18H25N3O4S2. The van der Waals surface area contributed by atoms with Crippen LogP contribution in [-0.4, -0.2) is 45.1 Å². The molecule has 2 aromatic rings. The number of aromatic nitrogens is 1. The quantitative estimate of drug-likeness (QED) is 0.753. The van der Waals surface area contributed by atoms with Crippen LogP contribution in [0.2, 0.25) is 0 Å². The molecule has 0 spiro atoms. The van der Waals surface area contributed by atoms with Gasteiger partial charge in [0.05, 0.1) is 19.1 Å². The number of ether oxygens (including phenoxy) is 2. The molecule has 0 aliphatic carbocycles. The van der Waals surface area contributed by atoms with Gasteiger partial charge in [0.25, 0.3) is 10.0 Å². The van der Waals surface area contributed by atoms with Crippen molar-refractivity contribution in [1.29, 1.82) is 0 Å². The average molecular weight is 412 g/mol. The second-order valence-electron chi connectivity index (χ2n) is 6.57. The molecule has 1 aromatic carbocycles. The van der Waals surface area contributed by atoms with Crippen molar-refractivity contribution in [2.75, 3.05) is 25.5 Å². The smallest absolute Gasteiger partial charge is 0.263 e. The minimum absolute atomic E-state index is 0.0987. The molecule has 9 heteroatoms. The zero-order chi connectivity index (χ0) is 19.4. The third-order valence-electron chi connectivity index (χ3n) is 4.74. The van der Waals surface area contributed by atoms with Gasteiger partial charge in [-0.2, -0.15) is 0 Å². The van der Waals surface area contributed by atoms with E-state index in [1.54, 1.807) is 12.3 Å². The van der Waals surface area contributed by atoms with Crippen molar-refractivity contribution in [2.24, 2.45) is 0 Å². The number of nitrogens with one attached hydrogen (secondary N) is 1. The number of benzene rings is 1. The maximum atomic E-state index is 12.7. The number of methoxy groups -OCH3 is 2. The van der Waals surface area contributed by atoms with Crippen LogP contribution in [0.25, 0.3) is 0 Å². The van der Waals surface area contributed by atoms with E-state index >= 15 is 0 Å². The molecule has 2 heterocycles. The van der Waals surface area contributed by atoms with Gasteiger partial charge in [-0.3, -0.25) is 9.62 Å². The van der Waals surface area contributed by atoms with Gasteiger partial charge in [0, 0.05) is 29.7 Å². The molecular weight excluding hydrogens is 386 g/mol. The summed E-state index contributed by atoms with van der Waals surface area (Å²) in [6.07, 6.45) is 5.44. The predicted octanol–water partition coefficient (Wildman–Crippen LogP) is 3.34. The van der Waals surface area contributed by atoms with Crippen LogP contribution < -0.4 is 14.2 Å². The maximum Gasteiger partial charge on any atom is 0.263 e. The zero-order valence-corrected chi connectivity index (χ0v) is 17.4. The molecule has 27 heavy (non-hydrogen) atoms. The molecule has 0 radical (unpaired) electrons. The molecule has 1 aromatic heterocycles. The van der Waals surface area contributed by atoms with Crippen molar-refractivity contribution in [1.82, 2.24) is 9.88 Å². The summed E-state index contributed by atoms with van der Waals surface area (Å²) in [5, 5.41) is 0.365. The number of thiazole rings is 1. The first-order chi connectivity index (χ1) is 12.9. The highest BCUT2D eigenvalue weighted by molar-refractivity contribution is 7.93. The molecule has 0 bridgehead atoms. The summed E-state index contributed by atoms with van der Waals surface area (Å²) in [7, 11) is -0.780. The highest BCUT2D eigenvalue weighted by Crippen LogP contribution is 2.31. The Labute approximate surface area is 164 Å². The Morgan fingerprint density at radius 2 is 2.04 bits per heavy atom. The fourth-order valence-electron chi connectivity index (χ4n) is 3.18. The molecule has 3 rings (SSSR count). The molecule has 0 saturated carbocycles. The van der Waals surface area contributed by atoms with E-state index in [4.69, 9.17) is 9.47 Å². The van der Waals surface area contributed by atoms with Gasteiger partial charge in [0.2, 0.25) is 0 Å². The lowest BCUT2D eigenvalue weighted by Gasteiger charge is -2.32. The zero-order valence-electron chi connectivity index (χ0n) is 15.8. The Kier molecular flexibility index (Phi) is 6.23. The van der Waals surface area contributed by atoms with E-state index in [0.29, 0.717) is 22.7 Å². The molecule has 1 N–H and O–H groups in total. The van der Waals surface area contributed by atoms with Gasteiger partial charge in [0.1, 0.15) is 0 Å². The van der Waals surface area contributed by atoms with Crippen LogP contribution in [0.15, 0.2) is 29.3 Å². The van der Waals surface area contributed by atoms with Gasteiger partial charge in [-0.15, -0.1) is 0 Å². The van der Waals surface area contributed by atoms with Crippen molar-refractivity contribution in [3.8, 4) is 11.5 Å². The molecule has 0 amide bonds. The molecule has 1 aliphatic heterocycles. The van der Waals surface area contributed by atoms with Crippen LogP contribution in [0.5, 0.6) is 11.5 Å². The lowest BCUT2D eigenvalue weighted by atomic mass is 10.0. The highest BCUT2D eigenvalue weighted by atomic mass is 32.2. The summed E-state index contributed by atoms with van der Waals surface area (Å²) in [5.41, 5.74) is 0. The Morgan fingerprint density at radius 1 is 1.26 bits per heavy atom. The van der Waals surface area contributed by atoms with Gasteiger partial charge < -0.3 is 9.47 Å². The Balaban J connectivity index is 1.72. The number of hydrogen-bond donors (Lipinski definition) is 1. The van der Waals surface area contributed by atoms with E-state index in [0.717, 1.165) is 18.0 Å². The second-order valence-corrected chi connectivity index (χ2v) is 9.37. The minimum atomic E-state index is -3.75. The van der Waals surface area contributed by atoms with Crippen LogP contribution in [0.3, 0.4) is 0 Å². The summed E-state index contributed by atoms with van der Waals surface area (Å²) >= 11 is 1.37. The maximum absolute atomic E-state index is 12.7. The number of hydrogen-bond acceptors (Lipinski definition) is 7. The van der Waals surface area contributed by atoms with Crippen molar-refractivity contribution in [3.63, 3.8) is 0 Å². The number of rotatable bonds is 7. The van der Waals surface area contributed by atoms with E-state index in [2.05, 4.69) is 21.5 Å². The van der Waals surface area contributed by atoms with E-state index < -0.39 is 10.0 Å². The summed E-state index contributed by atoms with van der Waals surface area (Å²) < 4.78 is 38.2. The van der Waals surface area contributed by atoms with Crippen molar-refractivity contribution in [2.45, 2.75) is 43.7 Å². The SMILES string of the molecule is COc1ccc(S(=O)(=O)Nc2ncc(CN3CCCCC3C)s2)cc1OC. The van der Waals surface area contributed by atoms with Crippen LogP contribution >= 0.6 is 11.3 Å². The van der Waals surface area contributed by atoms with Crippen LogP contribution in [0.1, 0.15) is 31.1 Å². The average Bonchev–Trinajstić information content (AvgIpc) is 3.09. The summed E-state index contributed by atoms with van der Waals surface area (Å²) in [6.45, 7) is 4.11. The first-order valence-electron chi connectivity index (χ1n) is 8.86. The number of piperidine rings is 1. The molecule has 1 saturated heterocycles. The van der Waals surface area contributed by atoms with Gasteiger partial charge in [-0.05, 0) is 38.4 Å². The lowest BCUT2D eigenvalue weighted by molar-refractivity contribution is 0.154. The fourth-order valence-corrected chi connectivity index (χ4v) is 5.27. The van der Waals surface area contributed by atoms with E-state index in [9.17, 15) is 8.42 Å². The first kappa shape index (κ1) is 19.9. The lowest BCUT2D eigenvalue weighted by Crippen LogP contribution is -2.36. The van der Waals surface area contributed by atoms with Gasteiger partial charge >= 0.3 is 0 Å². The van der Waals surface area contributed by atoms with Crippen LogP contribution in [0, 0.1) is 0 Å². The minimum Gasteiger partial charge on any atom is -0.493 e. The van der Waals surface area contributed by atoms with E-state index in [1.807, 2.05) is 0 Å².